The van der Waals surface area contributed by atoms with Crippen molar-refractivity contribution in [3.63, 3.8) is 0 Å². The molecule has 0 aliphatic carbocycles. The first kappa shape index (κ1) is 20.2. The highest BCUT2D eigenvalue weighted by Crippen LogP contribution is 2.21. The second-order valence-corrected chi connectivity index (χ2v) is 7.13. The number of hydrogen-bond donors (Lipinski definition) is 2. The lowest BCUT2D eigenvalue weighted by Crippen LogP contribution is -2.38. The van der Waals surface area contributed by atoms with Gasteiger partial charge in [-0.15, -0.1) is 0 Å². The Labute approximate surface area is 159 Å². The summed E-state index contributed by atoms with van der Waals surface area (Å²) in [4.78, 5) is 29.5. The Morgan fingerprint density at radius 1 is 1.11 bits per heavy atom. The molecule has 2 rings (SSSR count). The predicted octanol–water partition coefficient (Wildman–Crippen LogP) is 3.54. The van der Waals surface area contributed by atoms with Gasteiger partial charge >= 0.3 is 0 Å². The Kier molecular flexibility index (Phi) is 6.34. The molecule has 2 N–H and O–H groups in total. The minimum atomic E-state index is -0.652. The molecule has 0 aliphatic heterocycles. The summed E-state index contributed by atoms with van der Waals surface area (Å²) >= 11 is 0. The zero-order valence-electron chi connectivity index (χ0n) is 16.3. The molecule has 2 aromatic rings. The number of carbonyl (C=O) groups is 2. The molecule has 2 amide bonds. The lowest BCUT2D eigenvalue weighted by Gasteiger charge is -2.19. The number of aryl methyl sites for hydroxylation is 1. The van der Waals surface area contributed by atoms with Crippen LogP contribution in [0.4, 0.5) is 5.82 Å². The van der Waals surface area contributed by atoms with Crippen LogP contribution in [0.2, 0.25) is 0 Å². The summed E-state index contributed by atoms with van der Waals surface area (Å²) in [5, 5.41) is 5.47. The number of nitrogens with zero attached hydrogens (tertiary/aromatic N) is 1. The summed E-state index contributed by atoms with van der Waals surface area (Å²) in [7, 11) is 1.55. The maximum atomic E-state index is 12.9. The molecule has 0 saturated heterocycles. The van der Waals surface area contributed by atoms with E-state index >= 15 is 0 Å². The Morgan fingerprint density at radius 2 is 1.81 bits per heavy atom. The molecule has 1 aromatic heterocycles. The van der Waals surface area contributed by atoms with Gasteiger partial charge in [0.2, 0.25) is 5.91 Å². The van der Waals surface area contributed by atoms with Crippen molar-refractivity contribution in [2.75, 3.05) is 12.4 Å². The Bertz CT molecular complexity index is 867. The predicted molar refractivity (Wildman–Crippen MR) is 106 cm³/mol. The van der Waals surface area contributed by atoms with Crippen LogP contribution in [0.5, 0.6) is 5.75 Å². The fraction of sp³-hybridized carbons (Fsp3) is 0.286. The van der Waals surface area contributed by atoms with Crippen molar-refractivity contribution in [3.8, 4) is 5.75 Å². The molecule has 27 heavy (non-hydrogen) atoms. The molecule has 1 heterocycles. The number of anilines is 1. The zero-order valence-corrected chi connectivity index (χ0v) is 16.3. The highest BCUT2D eigenvalue weighted by Gasteiger charge is 2.24. The molecule has 142 valence electrons. The van der Waals surface area contributed by atoms with Gasteiger partial charge < -0.3 is 15.4 Å². The second kappa shape index (κ2) is 8.49. The number of carbonyl (C=O) groups excluding carboxylic acids is 2. The summed E-state index contributed by atoms with van der Waals surface area (Å²) < 4.78 is 5.33. The van der Waals surface area contributed by atoms with E-state index < -0.39 is 11.3 Å². The number of rotatable bonds is 5. The topological polar surface area (TPSA) is 80.3 Å². The number of benzene rings is 1. The third kappa shape index (κ3) is 5.41. The van der Waals surface area contributed by atoms with E-state index in [0.29, 0.717) is 17.1 Å². The number of methoxy groups -OCH3 is 1. The molecule has 0 spiro atoms. The van der Waals surface area contributed by atoms with Crippen LogP contribution in [0.25, 0.3) is 6.08 Å². The van der Waals surface area contributed by atoms with Crippen LogP contribution in [0.1, 0.15) is 31.9 Å². The van der Waals surface area contributed by atoms with Gasteiger partial charge in [-0.2, -0.15) is 0 Å². The van der Waals surface area contributed by atoms with Gasteiger partial charge in [0.05, 0.1) is 7.11 Å². The van der Waals surface area contributed by atoms with Crippen LogP contribution in [0.15, 0.2) is 48.3 Å². The highest BCUT2D eigenvalue weighted by atomic mass is 16.5. The number of amides is 2. The smallest absolute Gasteiger partial charge is 0.273 e. The summed E-state index contributed by atoms with van der Waals surface area (Å²) in [6, 6.07) is 10.9. The van der Waals surface area contributed by atoms with Gasteiger partial charge in [-0.1, -0.05) is 45.0 Å². The van der Waals surface area contributed by atoms with E-state index in [9.17, 15) is 9.59 Å². The number of para-hydroxylation sites is 1. The molecule has 0 radical (unpaired) electrons. The molecule has 0 aliphatic rings. The van der Waals surface area contributed by atoms with Gasteiger partial charge in [0.15, 0.2) is 0 Å². The fourth-order valence-corrected chi connectivity index (χ4v) is 2.20. The zero-order chi connectivity index (χ0) is 20.0. The molecule has 0 fully saturated rings. The van der Waals surface area contributed by atoms with Crippen LogP contribution in [0, 0.1) is 12.3 Å². The monoisotopic (exact) mass is 367 g/mol. The maximum absolute atomic E-state index is 12.9. The lowest BCUT2D eigenvalue weighted by molar-refractivity contribution is -0.128. The number of hydrogen-bond acceptors (Lipinski definition) is 4. The Hall–Kier alpha value is -3.15. The van der Waals surface area contributed by atoms with E-state index in [-0.39, 0.29) is 11.6 Å². The molecule has 1 aromatic carbocycles. The first-order chi connectivity index (χ1) is 12.7. The maximum Gasteiger partial charge on any atom is 0.273 e. The number of aromatic nitrogens is 1. The standard InChI is InChI=1S/C21H25N3O3/c1-14-9-8-12-22-18(14)24-19(25)16(23-20(26)21(2,3)4)13-15-10-6-7-11-17(15)27-5/h6-13H,1-5H3,(H,23,26)(H,22,24,25)/b16-13+. The summed E-state index contributed by atoms with van der Waals surface area (Å²) in [5.74, 6) is 0.317. The van der Waals surface area contributed by atoms with Gasteiger partial charge in [0.25, 0.3) is 5.91 Å². The highest BCUT2D eigenvalue weighted by molar-refractivity contribution is 6.09. The van der Waals surface area contributed by atoms with Crippen molar-refractivity contribution >= 4 is 23.7 Å². The van der Waals surface area contributed by atoms with Crippen molar-refractivity contribution in [1.29, 1.82) is 0 Å². The minimum absolute atomic E-state index is 0.115. The molecule has 0 saturated carbocycles. The SMILES string of the molecule is COc1ccccc1/C=C(/NC(=O)C(C)(C)C)C(=O)Nc1ncccc1C. The van der Waals surface area contributed by atoms with E-state index in [4.69, 9.17) is 4.74 Å². The summed E-state index contributed by atoms with van der Waals surface area (Å²) in [5.41, 5.74) is 0.965. The van der Waals surface area contributed by atoms with Crippen LogP contribution in [-0.4, -0.2) is 23.9 Å². The van der Waals surface area contributed by atoms with Crippen LogP contribution >= 0.6 is 0 Å². The number of ether oxygens (including phenoxy) is 1. The average molecular weight is 367 g/mol. The quantitative estimate of drug-likeness (QED) is 0.792. The van der Waals surface area contributed by atoms with Crippen LogP contribution in [-0.2, 0) is 9.59 Å². The number of nitrogens with one attached hydrogen (secondary N) is 2. The molecule has 0 atom stereocenters. The first-order valence-electron chi connectivity index (χ1n) is 8.61. The average Bonchev–Trinajstić information content (AvgIpc) is 2.62. The van der Waals surface area contributed by atoms with Crippen molar-refractivity contribution in [2.24, 2.45) is 5.41 Å². The van der Waals surface area contributed by atoms with E-state index in [1.807, 2.05) is 25.1 Å². The third-order valence-electron chi connectivity index (χ3n) is 3.85. The molecular formula is C21H25N3O3. The largest absolute Gasteiger partial charge is 0.496 e. The Balaban J connectivity index is 2.40. The summed E-state index contributed by atoms with van der Waals surface area (Å²) in [6.07, 6.45) is 3.19. The van der Waals surface area contributed by atoms with Gasteiger partial charge in [-0.3, -0.25) is 9.59 Å². The first-order valence-corrected chi connectivity index (χ1v) is 8.61. The van der Waals surface area contributed by atoms with E-state index in [1.165, 1.54) is 0 Å². The molecular weight excluding hydrogens is 342 g/mol. The van der Waals surface area contributed by atoms with Gasteiger partial charge in [0.1, 0.15) is 17.3 Å². The minimum Gasteiger partial charge on any atom is -0.496 e. The normalized spacial score (nSPS) is 11.7. The lowest BCUT2D eigenvalue weighted by atomic mass is 9.95. The number of pyridine rings is 1. The van der Waals surface area contributed by atoms with Crippen LogP contribution in [0.3, 0.4) is 0 Å². The van der Waals surface area contributed by atoms with Crippen molar-refractivity contribution in [1.82, 2.24) is 10.3 Å². The van der Waals surface area contributed by atoms with Crippen molar-refractivity contribution < 1.29 is 14.3 Å². The molecule has 6 nitrogen and oxygen atoms in total. The van der Waals surface area contributed by atoms with Crippen molar-refractivity contribution in [2.45, 2.75) is 27.7 Å². The van der Waals surface area contributed by atoms with Gasteiger partial charge in [-0.25, -0.2) is 4.98 Å². The third-order valence-corrected chi connectivity index (χ3v) is 3.85. The van der Waals surface area contributed by atoms with E-state index in [2.05, 4.69) is 15.6 Å². The molecule has 0 unspecified atom stereocenters. The summed E-state index contributed by atoms with van der Waals surface area (Å²) in [6.45, 7) is 7.19. The Morgan fingerprint density at radius 3 is 2.44 bits per heavy atom. The van der Waals surface area contributed by atoms with Crippen molar-refractivity contribution in [3.05, 3.63) is 59.4 Å². The molecule has 0 bridgehead atoms. The van der Waals surface area contributed by atoms with E-state index in [0.717, 1.165) is 5.56 Å². The van der Waals surface area contributed by atoms with Gasteiger partial charge in [-0.05, 0) is 30.7 Å². The fourth-order valence-electron chi connectivity index (χ4n) is 2.20. The van der Waals surface area contributed by atoms with Crippen LogP contribution < -0.4 is 15.4 Å². The van der Waals surface area contributed by atoms with Gasteiger partial charge in [0, 0.05) is 17.2 Å². The molecule has 6 heteroatoms. The second-order valence-electron chi connectivity index (χ2n) is 7.13. The van der Waals surface area contributed by atoms with E-state index in [1.54, 1.807) is 58.4 Å².